The molecular formula is C14H22N4O3. The summed E-state index contributed by atoms with van der Waals surface area (Å²) in [7, 11) is 1.74. The highest BCUT2D eigenvalue weighted by Gasteiger charge is 2.59. The molecule has 1 aromatic heterocycles. The summed E-state index contributed by atoms with van der Waals surface area (Å²) in [4.78, 5) is 10.9. The van der Waals surface area contributed by atoms with E-state index >= 15 is 0 Å². The smallest absolute Gasteiger partial charge is 0.333 e. The van der Waals surface area contributed by atoms with Gasteiger partial charge in [0.1, 0.15) is 5.69 Å². The van der Waals surface area contributed by atoms with E-state index in [1.165, 1.54) is 6.42 Å². The lowest BCUT2D eigenvalue weighted by atomic mass is 9.51. The van der Waals surface area contributed by atoms with Crippen LogP contribution < -0.4 is 5.32 Å². The van der Waals surface area contributed by atoms with Crippen LogP contribution in [-0.4, -0.2) is 33.5 Å². The lowest BCUT2D eigenvalue weighted by molar-refractivity contribution is -0.384. The van der Waals surface area contributed by atoms with E-state index in [0.717, 1.165) is 25.9 Å². The predicted molar refractivity (Wildman–Crippen MR) is 78.3 cm³/mol. The molecule has 0 saturated heterocycles. The highest BCUT2D eigenvalue weighted by molar-refractivity contribution is 5.60. The summed E-state index contributed by atoms with van der Waals surface area (Å²) in [6.07, 6.45) is 4.70. The molecule has 1 N–H and O–H groups in total. The third kappa shape index (κ3) is 2.02. The molecule has 0 aliphatic heterocycles. The second kappa shape index (κ2) is 4.98. The lowest BCUT2D eigenvalue weighted by Gasteiger charge is -2.61. The standard InChI is InChI=1S/C14H22N4O3/c1-4-21-11-8-10(14(11)6-5-7-14)15-13-12(18(19)20)9(2)16-17(13)3/h10-11,15H,4-8H2,1-3H3/t10-,11-/m1/s1. The number of nitrogens with one attached hydrogen (secondary N) is 1. The third-order valence-corrected chi connectivity index (χ3v) is 5.12. The molecule has 2 fully saturated rings. The normalized spacial score (nSPS) is 26.2. The number of anilines is 1. The van der Waals surface area contributed by atoms with Crippen LogP contribution in [0.4, 0.5) is 11.5 Å². The predicted octanol–water partition coefficient (Wildman–Crippen LogP) is 2.40. The molecule has 1 spiro atoms. The Labute approximate surface area is 123 Å². The molecule has 0 unspecified atom stereocenters. The van der Waals surface area contributed by atoms with Crippen molar-refractivity contribution < 1.29 is 9.66 Å². The number of ether oxygens (including phenoxy) is 1. The summed E-state index contributed by atoms with van der Waals surface area (Å²) in [6.45, 7) is 4.42. The van der Waals surface area contributed by atoms with Crippen LogP contribution in [0.2, 0.25) is 0 Å². The van der Waals surface area contributed by atoms with Gasteiger partial charge in [0.05, 0.1) is 11.0 Å². The molecule has 2 aliphatic rings. The van der Waals surface area contributed by atoms with Crippen LogP contribution in [-0.2, 0) is 11.8 Å². The Morgan fingerprint density at radius 2 is 2.29 bits per heavy atom. The van der Waals surface area contributed by atoms with Gasteiger partial charge in [0.25, 0.3) is 0 Å². The number of aryl methyl sites for hydroxylation is 2. The molecule has 1 aromatic rings. The number of nitrogens with zero attached hydrogens (tertiary/aromatic N) is 3. The second-order valence-electron chi connectivity index (χ2n) is 6.13. The molecule has 7 nitrogen and oxygen atoms in total. The molecule has 1 heterocycles. The van der Waals surface area contributed by atoms with Crippen LogP contribution in [0, 0.1) is 22.5 Å². The summed E-state index contributed by atoms with van der Waals surface area (Å²) in [5, 5.41) is 18.8. The van der Waals surface area contributed by atoms with E-state index in [9.17, 15) is 10.1 Å². The molecule has 0 bridgehead atoms. The first kappa shape index (κ1) is 14.3. The monoisotopic (exact) mass is 294 g/mol. The summed E-state index contributed by atoms with van der Waals surface area (Å²) in [6, 6.07) is 0.247. The molecule has 7 heteroatoms. The van der Waals surface area contributed by atoms with Gasteiger partial charge in [0.15, 0.2) is 0 Å². The van der Waals surface area contributed by atoms with Gasteiger partial charge in [-0.3, -0.25) is 10.1 Å². The molecule has 0 radical (unpaired) electrons. The molecule has 2 atom stereocenters. The number of hydrogen-bond acceptors (Lipinski definition) is 5. The van der Waals surface area contributed by atoms with Gasteiger partial charge in [0.2, 0.25) is 5.82 Å². The minimum atomic E-state index is -0.350. The van der Waals surface area contributed by atoms with Gasteiger partial charge in [-0.15, -0.1) is 0 Å². The third-order valence-electron chi connectivity index (χ3n) is 5.12. The first-order valence-electron chi connectivity index (χ1n) is 7.55. The van der Waals surface area contributed by atoms with E-state index in [-0.39, 0.29) is 22.1 Å². The minimum Gasteiger partial charge on any atom is -0.378 e. The summed E-state index contributed by atoms with van der Waals surface area (Å²) in [5.74, 6) is 0.517. The average molecular weight is 294 g/mol. The van der Waals surface area contributed by atoms with Crippen molar-refractivity contribution in [3.8, 4) is 0 Å². The van der Waals surface area contributed by atoms with Gasteiger partial charge in [-0.2, -0.15) is 5.10 Å². The van der Waals surface area contributed by atoms with E-state index in [1.807, 2.05) is 6.92 Å². The highest BCUT2D eigenvalue weighted by Crippen LogP contribution is 2.58. The first-order chi connectivity index (χ1) is 9.99. The maximum atomic E-state index is 11.2. The van der Waals surface area contributed by atoms with Gasteiger partial charge in [-0.05, 0) is 33.1 Å². The van der Waals surface area contributed by atoms with Crippen LogP contribution in [0.25, 0.3) is 0 Å². The van der Waals surface area contributed by atoms with Gasteiger partial charge < -0.3 is 10.1 Å². The highest BCUT2D eigenvalue weighted by atomic mass is 16.6. The van der Waals surface area contributed by atoms with Gasteiger partial charge in [0, 0.05) is 25.1 Å². The van der Waals surface area contributed by atoms with Gasteiger partial charge >= 0.3 is 5.69 Å². The summed E-state index contributed by atoms with van der Waals surface area (Å²) in [5.41, 5.74) is 0.711. The zero-order valence-electron chi connectivity index (χ0n) is 12.8. The topological polar surface area (TPSA) is 82.2 Å². The SMILES string of the molecule is CCO[C@@H]1C[C@@H](Nc2c([N+](=O)[O-])c(C)nn2C)C12CCC2. The Hall–Kier alpha value is -1.63. The van der Waals surface area contributed by atoms with Gasteiger partial charge in [-0.1, -0.05) is 6.42 Å². The fourth-order valence-electron chi connectivity index (χ4n) is 3.83. The average Bonchev–Trinajstić information content (AvgIpc) is 2.60. The van der Waals surface area contributed by atoms with E-state index in [0.29, 0.717) is 17.6 Å². The van der Waals surface area contributed by atoms with Gasteiger partial charge in [-0.25, -0.2) is 4.68 Å². The Morgan fingerprint density at radius 1 is 1.57 bits per heavy atom. The Balaban J connectivity index is 1.81. The fraction of sp³-hybridized carbons (Fsp3) is 0.786. The first-order valence-corrected chi connectivity index (χ1v) is 7.55. The molecule has 2 saturated carbocycles. The van der Waals surface area contributed by atoms with Crippen molar-refractivity contribution in [3.63, 3.8) is 0 Å². The maximum absolute atomic E-state index is 11.2. The maximum Gasteiger partial charge on any atom is 0.333 e. The second-order valence-corrected chi connectivity index (χ2v) is 6.13. The van der Waals surface area contributed by atoms with Crippen molar-refractivity contribution in [2.24, 2.45) is 12.5 Å². The van der Waals surface area contributed by atoms with Crippen LogP contribution in [0.3, 0.4) is 0 Å². The zero-order chi connectivity index (χ0) is 15.2. The quantitative estimate of drug-likeness (QED) is 0.666. The molecule has 0 amide bonds. The molecule has 0 aromatic carbocycles. The van der Waals surface area contributed by atoms with Crippen molar-refractivity contribution in [1.29, 1.82) is 0 Å². The summed E-state index contributed by atoms with van der Waals surface area (Å²) < 4.78 is 7.40. The van der Waals surface area contributed by atoms with Crippen molar-refractivity contribution in [2.45, 2.75) is 51.7 Å². The molecule has 2 aliphatic carbocycles. The number of rotatable bonds is 5. The van der Waals surface area contributed by atoms with Crippen molar-refractivity contribution in [1.82, 2.24) is 9.78 Å². The Bertz CT molecular complexity index is 565. The Kier molecular flexibility index (Phi) is 3.39. The molecule has 21 heavy (non-hydrogen) atoms. The number of hydrogen-bond donors (Lipinski definition) is 1. The Morgan fingerprint density at radius 3 is 2.81 bits per heavy atom. The van der Waals surface area contributed by atoms with Crippen LogP contribution in [0.1, 0.15) is 38.3 Å². The van der Waals surface area contributed by atoms with E-state index in [2.05, 4.69) is 10.4 Å². The summed E-state index contributed by atoms with van der Waals surface area (Å²) >= 11 is 0. The van der Waals surface area contributed by atoms with Crippen LogP contribution in [0.15, 0.2) is 0 Å². The van der Waals surface area contributed by atoms with Crippen molar-refractivity contribution >= 4 is 11.5 Å². The largest absolute Gasteiger partial charge is 0.378 e. The minimum absolute atomic E-state index is 0.0897. The van der Waals surface area contributed by atoms with Crippen molar-refractivity contribution in [2.75, 3.05) is 11.9 Å². The van der Waals surface area contributed by atoms with E-state index in [1.54, 1.807) is 18.7 Å². The molecule has 3 rings (SSSR count). The fourth-order valence-corrected chi connectivity index (χ4v) is 3.83. The number of aromatic nitrogens is 2. The molecule has 116 valence electrons. The number of nitro groups is 1. The lowest BCUT2D eigenvalue weighted by Crippen LogP contribution is -2.64. The zero-order valence-corrected chi connectivity index (χ0v) is 12.8. The van der Waals surface area contributed by atoms with Crippen LogP contribution >= 0.6 is 0 Å². The van der Waals surface area contributed by atoms with Crippen molar-refractivity contribution in [3.05, 3.63) is 15.8 Å². The molecular weight excluding hydrogens is 272 g/mol. The van der Waals surface area contributed by atoms with E-state index in [4.69, 9.17) is 4.74 Å². The van der Waals surface area contributed by atoms with Crippen LogP contribution in [0.5, 0.6) is 0 Å². The van der Waals surface area contributed by atoms with E-state index < -0.39 is 0 Å².